The Morgan fingerprint density at radius 3 is 2.59 bits per heavy atom. The molecule has 5 heteroatoms. The van der Waals surface area contributed by atoms with Crippen LogP contribution in [-0.2, 0) is 13.1 Å². The Kier molecular flexibility index (Phi) is 4.17. The third-order valence-corrected chi connectivity index (χ3v) is 5.70. The number of para-hydroxylation sites is 1. The minimum Gasteiger partial charge on any atom is -0.350 e. The van der Waals surface area contributed by atoms with Crippen LogP contribution in [0.4, 0.5) is 0 Å². The maximum Gasteiger partial charge on any atom is 0.253 e. The lowest BCUT2D eigenvalue weighted by Gasteiger charge is -2.26. The number of carbonyl (C=O) groups is 1. The lowest BCUT2D eigenvalue weighted by atomic mass is 10.1. The Morgan fingerprint density at radius 1 is 0.963 bits per heavy atom. The first-order valence-corrected chi connectivity index (χ1v) is 9.89. The van der Waals surface area contributed by atoms with Gasteiger partial charge in [-0.25, -0.2) is 4.98 Å². The van der Waals surface area contributed by atoms with Gasteiger partial charge in [0.2, 0.25) is 0 Å². The van der Waals surface area contributed by atoms with Gasteiger partial charge in [-0.15, -0.1) is 0 Å². The van der Waals surface area contributed by atoms with Crippen molar-refractivity contribution >= 4 is 16.9 Å². The molecule has 1 fully saturated rings. The van der Waals surface area contributed by atoms with E-state index in [0.29, 0.717) is 12.1 Å². The van der Waals surface area contributed by atoms with Gasteiger partial charge in [0.25, 0.3) is 5.91 Å². The molecule has 138 valence electrons. The number of carbonyl (C=O) groups excluding carboxylic acids is 1. The quantitative estimate of drug-likeness (QED) is 0.778. The van der Waals surface area contributed by atoms with Crippen molar-refractivity contribution in [1.82, 2.24) is 19.8 Å². The van der Waals surface area contributed by atoms with E-state index in [-0.39, 0.29) is 5.91 Å². The molecule has 0 unspecified atom stereocenters. The third-order valence-electron chi connectivity index (χ3n) is 5.70. The van der Waals surface area contributed by atoms with Crippen molar-refractivity contribution in [3.63, 3.8) is 0 Å². The van der Waals surface area contributed by atoms with Crippen molar-refractivity contribution in [3.8, 4) is 11.4 Å². The molecule has 1 amide bonds. The summed E-state index contributed by atoms with van der Waals surface area (Å²) in [6, 6.07) is 14.6. The molecule has 3 heterocycles. The zero-order valence-electron chi connectivity index (χ0n) is 15.4. The summed E-state index contributed by atoms with van der Waals surface area (Å²) in [6.07, 6.45) is 4.00. The molecule has 5 rings (SSSR count). The fourth-order valence-electron chi connectivity index (χ4n) is 4.32. The topological polar surface area (TPSA) is 50.2 Å². The summed E-state index contributed by atoms with van der Waals surface area (Å²) in [5.41, 5.74) is 5.00. The van der Waals surface area contributed by atoms with Crippen LogP contribution in [-0.4, -0.2) is 40.0 Å². The van der Waals surface area contributed by atoms with Gasteiger partial charge in [-0.1, -0.05) is 36.8 Å². The molecular weight excluding hydrogens is 336 g/mol. The second-order valence-corrected chi connectivity index (χ2v) is 7.55. The minimum absolute atomic E-state index is 0.0114. The van der Waals surface area contributed by atoms with Gasteiger partial charge in [0, 0.05) is 25.2 Å². The van der Waals surface area contributed by atoms with Crippen molar-refractivity contribution in [2.45, 2.75) is 32.4 Å². The second-order valence-electron chi connectivity index (χ2n) is 7.55. The standard InChI is InChI=1S/C22H24N4O/c27-22-18-5-4-6-19-20(18)26(14-11-23-22)21(24-19)17-9-7-16(8-10-17)15-25-12-2-1-3-13-25/h4-10H,1-3,11-15H2,(H,23,27). The highest BCUT2D eigenvalue weighted by Crippen LogP contribution is 2.28. The van der Waals surface area contributed by atoms with E-state index in [1.807, 2.05) is 18.2 Å². The number of piperidine rings is 1. The summed E-state index contributed by atoms with van der Waals surface area (Å²) in [5.74, 6) is 0.932. The first-order chi connectivity index (χ1) is 13.3. The van der Waals surface area contributed by atoms with Gasteiger partial charge in [-0.2, -0.15) is 0 Å². The zero-order chi connectivity index (χ0) is 18.2. The average molecular weight is 360 g/mol. The number of aromatic nitrogens is 2. The van der Waals surface area contributed by atoms with E-state index in [4.69, 9.17) is 4.98 Å². The summed E-state index contributed by atoms with van der Waals surface area (Å²) >= 11 is 0. The molecule has 2 aromatic carbocycles. The number of nitrogens with zero attached hydrogens (tertiary/aromatic N) is 3. The molecule has 3 aromatic rings. The molecule has 1 N–H and O–H groups in total. The maximum atomic E-state index is 12.3. The van der Waals surface area contributed by atoms with Crippen LogP contribution < -0.4 is 5.32 Å². The van der Waals surface area contributed by atoms with Gasteiger partial charge >= 0.3 is 0 Å². The van der Waals surface area contributed by atoms with Crippen LogP contribution in [0.3, 0.4) is 0 Å². The monoisotopic (exact) mass is 360 g/mol. The van der Waals surface area contributed by atoms with E-state index < -0.39 is 0 Å². The zero-order valence-corrected chi connectivity index (χ0v) is 15.4. The van der Waals surface area contributed by atoms with Crippen LogP contribution in [0.5, 0.6) is 0 Å². The molecular formula is C22H24N4O. The molecule has 0 aliphatic carbocycles. The number of amides is 1. The Bertz CT molecular complexity index is 983. The van der Waals surface area contributed by atoms with Crippen molar-refractivity contribution in [2.75, 3.05) is 19.6 Å². The van der Waals surface area contributed by atoms with Crippen LogP contribution in [0, 0.1) is 0 Å². The highest BCUT2D eigenvalue weighted by molar-refractivity contribution is 6.06. The average Bonchev–Trinajstić information content (AvgIpc) is 2.99. The third kappa shape index (κ3) is 3.02. The Hall–Kier alpha value is -2.66. The molecule has 0 bridgehead atoms. The van der Waals surface area contributed by atoms with E-state index in [1.165, 1.54) is 37.9 Å². The molecule has 2 aliphatic rings. The van der Waals surface area contributed by atoms with Gasteiger partial charge in [0.1, 0.15) is 5.82 Å². The predicted molar refractivity (Wildman–Crippen MR) is 107 cm³/mol. The fraction of sp³-hybridized carbons (Fsp3) is 0.364. The van der Waals surface area contributed by atoms with Gasteiger partial charge < -0.3 is 9.88 Å². The highest BCUT2D eigenvalue weighted by atomic mass is 16.1. The molecule has 0 spiro atoms. The van der Waals surface area contributed by atoms with E-state index in [2.05, 4.69) is 39.0 Å². The number of nitrogens with one attached hydrogen (secondary N) is 1. The molecule has 0 radical (unpaired) electrons. The predicted octanol–water partition coefficient (Wildman–Crippen LogP) is 3.43. The summed E-state index contributed by atoms with van der Waals surface area (Å²) in [5, 5.41) is 2.98. The Balaban J connectivity index is 1.49. The Morgan fingerprint density at radius 2 is 1.78 bits per heavy atom. The lowest BCUT2D eigenvalue weighted by molar-refractivity contribution is 0.0956. The second kappa shape index (κ2) is 6.82. The van der Waals surface area contributed by atoms with Crippen molar-refractivity contribution < 1.29 is 4.79 Å². The molecule has 27 heavy (non-hydrogen) atoms. The van der Waals surface area contributed by atoms with E-state index >= 15 is 0 Å². The summed E-state index contributed by atoms with van der Waals surface area (Å²) < 4.78 is 2.18. The van der Waals surface area contributed by atoms with Crippen LogP contribution >= 0.6 is 0 Å². The van der Waals surface area contributed by atoms with Crippen LogP contribution in [0.1, 0.15) is 35.2 Å². The largest absolute Gasteiger partial charge is 0.350 e. The SMILES string of the molecule is O=C1NCCn2c(-c3ccc(CN4CCCCC4)cc3)nc3cccc1c32. The first kappa shape index (κ1) is 16.5. The number of imidazole rings is 1. The van der Waals surface area contributed by atoms with Crippen LogP contribution in [0.15, 0.2) is 42.5 Å². The molecule has 2 aliphatic heterocycles. The van der Waals surface area contributed by atoms with Crippen LogP contribution in [0.2, 0.25) is 0 Å². The minimum atomic E-state index is -0.0114. The van der Waals surface area contributed by atoms with E-state index in [1.54, 1.807) is 0 Å². The smallest absolute Gasteiger partial charge is 0.253 e. The summed E-state index contributed by atoms with van der Waals surface area (Å²) in [4.78, 5) is 19.7. The molecule has 0 saturated carbocycles. The molecule has 0 atom stereocenters. The Labute approximate surface area is 159 Å². The molecule has 5 nitrogen and oxygen atoms in total. The molecule has 1 saturated heterocycles. The van der Waals surface area contributed by atoms with Crippen molar-refractivity contribution in [3.05, 3.63) is 53.6 Å². The number of benzene rings is 2. The van der Waals surface area contributed by atoms with Crippen molar-refractivity contribution in [1.29, 1.82) is 0 Å². The van der Waals surface area contributed by atoms with Gasteiger partial charge in [0.15, 0.2) is 0 Å². The number of likely N-dealkylation sites (tertiary alicyclic amines) is 1. The van der Waals surface area contributed by atoms with Crippen molar-refractivity contribution in [2.24, 2.45) is 0 Å². The first-order valence-electron chi connectivity index (χ1n) is 9.89. The van der Waals surface area contributed by atoms with Crippen LogP contribution in [0.25, 0.3) is 22.4 Å². The summed E-state index contributed by atoms with van der Waals surface area (Å²) in [6.45, 7) is 4.81. The lowest BCUT2D eigenvalue weighted by Crippen LogP contribution is -2.29. The number of hydrogen-bond donors (Lipinski definition) is 1. The highest BCUT2D eigenvalue weighted by Gasteiger charge is 2.21. The van der Waals surface area contributed by atoms with Gasteiger partial charge in [0.05, 0.1) is 16.6 Å². The normalized spacial score (nSPS) is 17.7. The van der Waals surface area contributed by atoms with E-state index in [9.17, 15) is 4.79 Å². The molecule has 1 aromatic heterocycles. The number of hydrogen-bond acceptors (Lipinski definition) is 3. The number of rotatable bonds is 3. The van der Waals surface area contributed by atoms with Gasteiger partial charge in [-0.3, -0.25) is 9.69 Å². The van der Waals surface area contributed by atoms with Gasteiger partial charge in [-0.05, 0) is 43.6 Å². The van der Waals surface area contributed by atoms with E-state index in [0.717, 1.165) is 35.5 Å². The fourth-order valence-corrected chi connectivity index (χ4v) is 4.32. The maximum absolute atomic E-state index is 12.3. The summed E-state index contributed by atoms with van der Waals surface area (Å²) in [7, 11) is 0.